The van der Waals surface area contributed by atoms with Crippen LogP contribution in [0.3, 0.4) is 0 Å². The van der Waals surface area contributed by atoms with Crippen LogP contribution < -0.4 is 5.01 Å². The number of hydrogen-bond donors (Lipinski definition) is 0. The van der Waals surface area contributed by atoms with Crippen molar-refractivity contribution in [2.45, 2.75) is 20.8 Å². The molecule has 0 N–H and O–H groups in total. The molecule has 0 aromatic heterocycles. The molecule has 0 aliphatic carbocycles. The molecule has 0 radical (unpaired) electrons. The van der Waals surface area contributed by atoms with Gasteiger partial charge in [0, 0.05) is 11.9 Å². The summed E-state index contributed by atoms with van der Waals surface area (Å²) in [6.45, 7) is 5.96. The summed E-state index contributed by atoms with van der Waals surface area (Å²) in [6, 6.07) is 7.07. The fourth-order valence-corrected chi connectivity index (χ4v) is 2.25. The Morgan fingerprint density at radius 2 is 2.00 bits per heavy atom. The first-order valence-corrected chi connectivity index (χ1v) is 7.55. The summed E-state index contributed by atoms with van der Waals surface area (Å²) in [6.07, 6.45) is 0. The van der Waals surface area contributed by atoms with Gasteiger partial charge in [-0.1, -0.05) is 25.4 Å². The zero-order chi connectivity index (χ0) is 16.3. The molecule has 118 valence electrons. The van der Waals surface area contributed by atoms with Crippen molar-refractivity contribution < 1.29 is 14.3 Å². The summed E-state index contributed by atoms with van der Waals surface area (Å²) in [7, 11) is 0. The summed E-state index contributed by atoms with van der Waals surface area (Å²) >= 11 is 5.86. The molecule has 0 bridgehead atoms. The number of carbonyl (C=O) groups excluding carboxylic acids is 2. The van der Waals surface area contributed by atoms with Gasteiger partial charge < -0.3 is 4.74 Å². The van der Waals surface area contributed by atoms with Crippen LogP contribution in [0.25, 0.3) is 0 Å². The lowest BCUT2D eigenvalue weighted by Gasteiger charge is -2.16. The largest absolute Gasteiger partial charge is 0.465 e. The number of Topliss-reactive ketones (excluding diaryl/α,β-unsaturated/α-hetero) is 1. The van der Waals surface area contributed by atoms with Gasteiger partial charge in [-0.2, -0.15) is 5.10 Å². The molecule has 0 fully saturated rings. The van der Waals surface area contributed by atoms with E-state index in [4.69, 9.17) is 16.3 Å². The maximum Gasteiger partial charge on any atom is 0.317 e. The second-order valence-electron chi connectivity index (χ2n) is 5.68. The van der Waals surface area contributed by atoms with Crippen LogP contribution in [0.2, 0.25) is 5.02 Å². The van der Waals surface area contributed by atoms with Gasteiger partial charge in [-0.15, -0.1) is 0 Å². The van der Waals surface area contributed by atoms with E-state index in [1.54, 1.807) is 29.3 Å². The zero-order valence-electron chi connectivity index (χ0n) is 12.9. The van der Waals surface area contributed by atoms with Crippen molar-refractivity contribution >= 4 is 34.8 Å². The fraction of sp³-hybridized carbons (Fsp3) is 0.438. The number of anilines is 1. The van der Waals surface area contributed by atoms with Gasteiger partial charge in [-0.3, -0.25) is 14.6 Å². The SMILES string of the molecule is CC(=O)C1=NN(c2ccc(Cl)cc2)C[C@@H]1C(=O)OCC(C)C. The minimum atomic E-state index is -0.646. The van der Waals surface area contributed by atoms with Crippen LogP contribution >= 0.6 is 11.6 Å². The second-order valence-corrected chi connectivity index (χ2v) is 6.11. The normalized spacial score (nSPS) is 17.6. The predicted octanol–water partition coefficient (Wildman–Crippen LogP) is 2.92. The van der Waals surface area contributed by atoms with E-state index in [-0.39, 0.29) is 17.4 Å². The molecule has 1 aliphatic rings. The molecule has 5 nitrogen and oxygen atoms in total. The quantitative estimate of drug-likeness (QED) is 0.782. The Bertz CT molecular complexity index is 596. The van der Waals surface area contributed by atoms with E-state index in [0.29, 0.717) is 18.2 Å². The van der Waals surface area contributed by atoms with Crippen LogP contribution in [0, 0.1) is 11.8 Å². The number of hydrogen-bond acceptors (Lipinski definition) is 5. The van der Waals surface area contributed by atoms with Gasteiger partial charge in [0.25, 0.3) is 0 Å². The highest BCUT2D eigenvalue weighted by Gasteiger charge is 2.36. The Morgan fingerprint density at radius 1 is 1.36 bits per heavy atom. The van der Waals surface area contributed by atoms with Crippen molar-refractivity contribution in [3.63, 3.8) is 0 Å². The first-order valence-electron chi connectivity index (χ1n) is 7.17. The predicted molar refractivity (Wildman–Crippen MR) is 86.2 cm³/mol. The minimum Gasteiger partial charge on any atom is -0.465 e. The molecule has 2 rings (SSSR count). The third-order valence-corrected chi connectivity index (χ3v) is 3.49. The van der Waals surface area contributed by atoms with Gasteiger partial charge in [0.15, 0.2) is 5.78 Å². The first kappa shape index (κ1) is 16.5. The summed E-state index contributed by atoms with van der Waals surface area (Å²) in [5.74, 6) is -1.02. The van der Waals surface area contributed by atoms with Crippen molar-refractivity contribution in [3.8, 4) is 0 Å². The molecule has 1 aliphatic heterocycles. The Kier molecular flexibility index (Phi) is 5.19. The van der Waals surface area contributed by atoms with Crippen LogP contribution in [0.1, 0.15) is 20.8 Å². The number of benzene rings is 1. The Labute approximate surface area is 134 Å². The molecule has 0 spiro atoms. The van der Waals surface area contributed by atoms with Crippen LogP contribution in [0.4, 0.5) is 5.69 Å². The van der Waals surface area contributed by atoms with Crippen molar-refractivity contribution in [3.05, 3.63) is 29.3 Å². The average Bonchev–Trinajstić information content (AvgIpc) is 2.91. The van der Waals surface area contributed by atoms with Crippen molar-refractivity contribution in [2.75, 3.05) is 18.2 Å². The van der Waals surface area contributed by atoms with Crippen molar-refractivity contribution in [1.29, 1.82) is 0 Å². The van der Waals surface area contributed by atoms with Crippen molar-refractivity contribution in [1.82, 2.24) is 0 Å². The van der Waals surface area contributed by atoms with Crippen LogP contribution in [-0.4, -0.2) is 30.6 Å². The maximum absolute atomic E-state index is 12.2. The lowest BCUT2D eigenvalue weighted by molar-refractivity contribution is -0.147. The van der Waals surface area contributed by atoms with Crippen LogP contribution in [0.15, 0.2) is 29.4 Å². The van der Waals surface area contributed by atoms with Crippen molar-refractivity contribution in [2.24, 2.45) is 16.9 Å². The molecule has 1 heterocycles. The standard InChI is InChI=1S/C16H19ClN2O3/c1-10(2)9-22-16(21)14-8-19(18-15(14)11(3)20)13-6-4-12(17)5-7-13/h4-7,10,14H,8-9H2,1-3H3/t14-/m0/s1. The number of halogens is 1. The molecule has 0 saturated carbocycles. The molecular formula is C16H19ClN2O3. The zero-order valence-corrected chi connectivity index (χ0v) is 13.6. The summed E-state index contributed by atoms with van der Waals surface area (Å²) in [4.78, 5) is 23.9. The monoisotopic (exact) mass is 322 g/mol. The van der Waals surface area contributed by atoms with Gasteiger partial charge in [0.05, 0.1) is 18.8 Å². The molecule has 0 amide bonds. The fourth-order valence-electron chi connectivity index (χ4n) is 2.13. The lowest BCUT2D eigenvalue weighted by atomic mass is 10.0. The smallest absolute Gasteiger partial charge is 0.317 e. The number of nitrogens with zero attached hydrogens (tertiary/aromatic N) is 2. The van der Waals surface area contributed by atoms with E-state index in [1.165, 1.54) is 6.92 Å². The molecule has 0 unspecified atom stereocenters. The average molecular weight is 323 g/mol. The third kappa shape index (κ3) is 3.85. The first-order chi connectivity index (χ1) is 10.4. The third-order valence-electron chi connectivity index (χ3n) is 3.24. The highest BCUT2D eigenvalue weighted by atomic mass is 35.5. The topological polar surface area (TPSA) is 59.0 Å². The highest BCUT2D eigenvalue weighted by molar-refractivity contribution is 6.43. The Balaban J connectivity index is 2.16. The molecule has 1 aromatic carbocycles. The van der Waals surface area contributed by atoms with Gasteiger partial charge in [-0.05, 0) is 30.2 Å². The number of ketones is 1. The summed E-state index contributed by atoms with van der Waals surface area (Å²) in [5, 5.41) is 6.52. The number of hydrazone groups is 1. The Morgan fingerprint density at radius 3 is 2.55 bits per heavy atom. The summed E-state index contributed by atoms with van der Waals surface area (Å²) in [5.41, 5.74) is 1.02. The number of esters is 1. The molecule has 1 atom stereocenters. The molecule has 0 saturated heterocycles. The Hall–Kier alpha value is -1.88. The van der Waals surface area contributed by atoms with Crippen LogP contribution in [-0.2, 0) is 14.3 Å². The van der Waals surface area contributed by atoms with E-state index in [0.717, 1.165) is 5.69 Å². The van der Waals surface area contributed by atoms with Crippen LogP contribution in [0.5, 0.6) is 0 Å². The molecule has 6 heteroatoms. The van der Waals surface area contributed by atoms with Gasteiger partial charge in [0.2, 0.25) is 0 Å². The minimum absolute atomic E-state index is 0.219. The number of ether oxygens (including phenoxy) is 1. The number of rotatable bonds is 5. The van der Waals surface area contributed by atoms with E-state index >= 15 is 0 Å². The number of carbonyl (C=O) groups is 2. The van der Waals surface area contributed by atoms with E-state index in [1.807, 2.05) is 13.8 Å². The van der Waals surface area contributed by atoms with E-state index < -0.39 is 11.9 Å². The summed E-state index contributed by atoms with van der Waals surface area (Å²) < 4.78 is 5.25. The maximum atomic E-state index is 12.2. The lowest BCUT2D eigenvalue weighted by Crippen LogP contribution is -2.32. The van der Waals surface area contributed by atoms with Gasteiger partial charge in [-0.25, -0.2) is 0 Å². The van der Waals surface area contributed by atoms with Gasteiger partial charge >= 0.3 is 5.97 Å². The molecule has 1 aromatic rings. The second kappa shape index (κ2) is 6.92. The van der Waals surface area contributed by atoms with Gasteiger partial charge in [0.1, 0.15) is 11.6 Å². The molecular weight excluding hydrogens is 304 g/mol. The highest BCUT2D eigenvalue weighted by Crippen LogP contribution is 2.25. The van der Waals surface area contributed by atoms with E-state index in [9.17, 15) is 9.59 Å². The van der Waals surface area contributed by atoms with E-state index in [2.05, 4.69) is 5.10 Å². The molecule has 22 heavy (non-hydrogen) atoms.